The maximum Gasteiger partial charge on any atom is 0.339 e. The Morgan fingerprint density at radius 3 is 2.50 bits per heavy atom. The van der Waals surface area contributed by atoms with E-state index in [-0.39, 0.29) is 5.56 Å². The first-order chi connectivity index (χ1) is 9.60. The zero-order valence-corrected chi connectivity index (χ0v) is 11.8. The highest BCUT2D eigenvalue weighted by Crippen LogP contribution is 2.17. The minimum absolute atomic E-state index is 0.246. The summed E-state index contributed by atoms with van der Waals surface area (Å²) in [5.41, 5.74) is 1.48. The molecule has 0 aliphatic carbocycles. The average molecular weight is 273 g/mol. The van der Waals surface area contributed by atoms with Gasteiger partial charge in [-0.3, -0.25) is 4.90 Å². The maximum atomic E-state index is 11.0. The van der Waals surface area contributed by atoms with Crippen molar-refractivity contribution < 1.29 is 14.3 Å². The molecule has 20 heavy (non-hydrogen) atoms. The van der Waals surface area contributed by atoms with Crippen molar-refractivity contribution in [1.82, 2.24) is 4.90 Å². The molecule has 2 aromatic rings. The number of rotatable bonds is 6. The molecule has 106 valence electrons. The van der Waals surface area contributed by atoms with Crippen molar-refractivity contribution in [1.29, 1.82) is 0 Å². The van der Waals surface area contributed by atoms with Crippen LogP contribution in [-0.4, -0.2) is 22.5 Å². The minimum atomic E-state index is -0.941. The molecular weight excluding hydrogens is 254 g/mol. The van der Waals surface area contributed by atoms with E-state index >= 15 is 0 Å². The molecule has 0 aliphatic heterocycles. The van der Waals surface area contributed by atoms with Gasteiger partial charge in [-0.1, -0.05) is 37.3 Å². The Bertz CT molecular complexity index is 575. The van der Waals surface area contributed by atoms with E-state index in [0.29, 0.717) is 18.1 Å². The summed E-state index contributed by atoms with van der Waals surface area (Å²) in [6, 6.07) is 11.8. The quantitative estimate of drug-likeness (QED) is 0.877. The van der Waals surface area contributed by atoms with Gasteiger partial charge >= 0.3 is 5.97 Å². The molecule has 0 saturated carbocycles. The molecule has 4 heteroatoms. The fourth-order valence-electron chi connectivity index (χ4n) is 2.18. The number of aromatic carboxylic acids is 1. The van der Waals surface area contributed by atoms with Gasteiger partial charge in [-0.25, -0.2) is 4.79 Å². The average Bonchev–Trinajstić information content (AvgIpc) is 2.80. The first-order valence-electron chi connectivity index (χ1n) is 6.69. The van der Waals surface area contributed by atoms with Crippen LogP contribution in [0.5, 0.6) is 0 Å². The fourth-order valence-corrected chi connectivity index (χ4v) is 2.18. The number of nitrogens with zero attached hydrogens (tertiary/aromatic N) is 1. The Labute approximate surface area is 118 Å². The summed E-state index contributed by atoms with van der Waals surface area (Å²) in [4.78, 5) is 13.2. The summed E-state index contributed by atoms with van der Waals surface area (Å²) in [7, 11) is 0. The minimum Gasteiger partial charge on any atom is -0.478 e. The molecule has 0 bridgehead atoms. The van der Waals surface area contributed by atoms with E-state index in [4.69, 9.17) is 9.52 Å². The van der Waals surface area contributed by atoms with Gasteiger partial charge in [-0.05, 0) is 25.1 Å². The Balaban J connectivity index is 2.06. The van der Waals surface area contributed by atoms with Crippen molar-refractivity contribution in [2.24, 2.45) is 0 Å². The molecule has 0 unspecified atom stereocenters. The van der Waals surface area contributed by atoms with E-state index in [1.165, 1.54) is 5.56 Å². The number of carbonyl (C=O) groups is 1. The summed E-state index contributed by atoms with van der Waals surface area (Å²) >= 11 is 0. The van der Waals surface area contributed by atoms with E-state index in [2.05, 4.69) is 24.0 Å². The third-order valence-electron chi connectivity index (χ3n) is 3.27. The van der Waals surface area contributed by atoms with Gasteiger partial charge in [0.1, 0.15) is 17.1 Å². The van der Waals surface area contributed by atoms with Gasteiger partial charge < -0.3 is 9.52 Å². The molecule has 0 fully saturated rings. The van der Waals surface area contributed by atoms with Crippen molar-refractivity contribution in [2.45, 2.75) is 26.9 Å². The first-order valence-corrected chi connectivity index (χ1v) is 6.69. The van der Waals surface area contributed by atoms with Crippen molar-refractivity contribution >= 4 is 5.97 Å². The highest BCUT2D eigenvalue weighted by molar-refractivity contribution is 5.88. The molecule has 1 heterocycles. The second-order valence-electron chi connectivity index (χ2n) is 4.78. The fraction of sp³-hybridized carbons (Fsp3) is 0.312. The van der Waals surface area contributed by atoms with Gasteiger partial charge in [0.15, 0.2) is 0 Å². The van der Waals surface area contributed by atoms with Crippen LogP contribution in [0.3, 0.4) is 0 Å². The summed E-state index contributed by atoms with van der Waals surface area (Å²) in [6.45, 7) is 6.06. The largest absolute Gasteiger partial charge is 0.478 e. The van der Waals surface area contributed by atoms with E-state index in [1.54, 1.807) is 13.0 Å². The lowest BCUT2D eigenvalue weighted by Crippen LogP contribution is -2.21. The van der Waals surface area contributed by atoms with Gasteiger partial charge in [-0.15, -0.1) is 0 Å². The van der Waals surface area contributed by atoms with Gasteiger partial charge in [0.05, 0.1) is 6.54 Å². The van der Waals surface area contributed by atoms with E-state index in [0.717, 1.165) is 13.1 Å². The summed E-state index contributed by atoms with van der Waals surface area (Å²) in [6.07, 6.45) is 0. The number of furan rings is 1. The van der Waals surface area contributed by atoms with Crippen LogP contribution in [0.1, 0.15) is 34.4 Å². The predicted molar refractivity (Wildman–Crippen MR) is 76.6 cm³/mol. The molecule has 0 spiro atoms. The van der Waals surface area contributed by atoms with E-state index in [1.807, 2.05) is 18.2 Å². The lowest BCUT2D eigenvalue weighted by molar-refractivity contribution is 0.0695. The monoisotopic (exact) mass is 273 g/mol. The molecule has 0 amide bonds. The molecule has 1 N–H and O–H groups in total. The van der Waals surface area contributed by atoms with Crippen LogP contribution in [0, 0.1) is 6.92 Å². The number of carboxylic acid groups (broad SMARTS) is 1. The molecule has 0 saturated heterocycles. The second kappa shape index (κ2) is 6.39. The predicted octanol–water partition coefficient (Wildman–Crippen LogP) is 3.31. The molecule has 1 aromatic carbocycles. The molecular formula is C16H19NO3. The third-order valence-corrected chi connectivity index (χ3v) is 3.27. The van der Waals surface area contributed by atoms with Crippen LogP contribution in [0.2, 0.25) is 0 Å². The van der Waals surface area contributed by atoms with Crippen LogP contribution in [0.25, 0.3) is 0 Å². The number of carboxylic acids is 1. The van der Waals surface area contributed by atoms with Crippen LogP contribution in [-0.2, 0) is 13.1 Å². The van der Waals surface area contributed by atoms with Gasteiger partial charge in [-0.2, -0.15) is 0 Å². The topological polar surface area (TPSA) is 53.7 Å². The van der Waals surface area contributed by atoms with E-state index < -0.39 is 5.97 Å². The van der Waals surface area contributed by atoms with Crippen LogP contribution < -0.4 is 0 Å². The number of aryl methyl sites for hydroxylation is 1. The van der Waals surface area contributed by atoms with Gasteiger partial charge in [0.25, 0.3) is 0 Å². The SMILES string of the molecule is CCN(Cc1ccccc1)Cc1cc(C(=O)O)c(C)o1. The number of hydrogen-bond acceptors (Lipinski definition) is 3. The van der Waals surface area contributed by atoms with Crippen LogP contribution in [0.15, 0.2) is 40.8 Å². The van der Waals surface area contributed by atoms with E-state index in [9.17, 15) is 4.79 Å². The molecule has 1 aromatic heterocycles. The Kier molecular flexibility index (Phi) is 4.58. The highest BCUT2D eigenvalue weighted by atomic mass is 16.4. The maximum absolute atomic E-state index is 11.0. The smallest absolute Gasteiger partial charge is 0.339 e. The third kappa shape index (κ3) is 3.48. The van der Waals surface area contributed by atoms with Crippen LogP contribution >= 0.6 is 0 Å². The van der Waals surface area contributed by atoms with Gasteiger partial charge in [0, 0.05) is 6.54 Å². The number of benzene rings is 1. The Hall–Kier alpha value is -2.07. The van der Waals surface area contributed by atoms with Crippen molar-refractivity contribution in [3.05, 3.63) is 59.0 Å². The molecule has 0 atom stereocenters. The first kappa shape index (κ1) is 14.3. The second-order valence-corrected chi connectivity index (χ2v) is 4.78. The molecule has 0 aliphatic rings. The lowest BCUT2D eigenvalue weighted by Gasteiger charge is -2.19. The zero-order valence-electron chi connectivity index (χ0n) is 11.8. The summed E-state index contributed by atoms with van der Waals surface area (Å²) < 4.78 is 5.52. The van der Waals surface area contributed by atoms with Crippen molar-refractivity contribution in [3.63, 3.8) is 0 Å². The van der Waals surface area contributed by atoms with Gasteiger partial charge in [0.2, 0.25) is 0 Å². The molecule has 4 nitrogen and oxygen atoms in total. The standard InChI is InChI=1S/C16H19NO3/c1-3-17(10-13-7-5-4-6-8-13)11-14-9-15(16(18)19)12(2)20-14/h4-9H,3,10-11H2,1-2H3,(H,18,19). The lowest BCUT2D eigenvalue weighted by atomic mass is 10.2. The number of hydrogen-bond donors (Lipinski definition) is 1. The molecule has 2 rings (SSSR count). The summed E-state index contributed by atoms with van der Waals surface area (Å²) in [5, 5.41) is 9.03. The molecule has 0 radical (unpaired) electrons. The van der Waals surface area contributed by atoms with Crippen molar-refractivity contribution in [3.8, 4) is 0 Å². The van der Waals surface area contributed by atoms with Crippen molar-refractivity contribution in [2.75, 3.05) is 6.54 Å². The summed E-state index contributed by atoms with van der Waals surface area (Å²) in [5.74, 6) is 0.213. The highest BCUT2D eigenvalue weighted by Gasteiger charge is 2.15. The zero-order chi connectivity index (χ0) is 14.5. The Morgan fingerprint density at radius 2 is 1.95 bits per heavy atom. The normalized spacial score (nSPS) is 10.9. The Morgan fingerprint density at radius 1 is 1.25 bits per heavy atom. The van der Waals surface area contributed by atoms with Crippen LogP contribution in [0.4, 0.5) is 0 Å².